The number of hydrogen-bond donors (Lipinski definition) is 0. The van der Waals surface area contributed by atoms with Crippen molar-refractivity contribution in [3.63, 3.8) is 0 Å². The molecule has 1 aliphatic heterocycles. The molecule has 2 aromatic rings. The van der Waals surface area contributed by atoms with E-state index in [-0.39, 0.29) is 23.4 Å². The van der Waals surface area contributed by atoms with Crippen molar-refractivity contribution in [3.05, 3.63) is 65.6 Å². The van der Waals surface area contributed by atoms with Crippen molar-refractivity contribution in [2.24, 2.45) is 0 Å². The van der Waals surface area contributed by atoms with E-state index >= 15 is 0 Å². The number of nitro benzene ring substituents is 1. The first kappa shape index (κ1) is 16.9. The summed E-state index contributed by atoms with van der Waals surface area (Å²) in [5.41, 5.74) is 0.463. The number of nitrogens with zero attached hydrogens (tertiary/aromatic N) is 2. The predicted octanol–water partition coefficient (Wildman–Crippen LogP) is 4.66. The molecule has 0 spiro atoms. The molecule has 0 aliphatic carbocycles. The monoisotopic (exact) mass is 424 g/mol. The predicted molar refractivity (Wildman–Crippen MR) is 96.6 cm³/mol. The van der Waals surface area contributed by atoms with Crippen LogP contribution in [0.25, 0.3) is 6.08 Å². The van der Waals surface area contributed by atoms with Crippen molar-refractivity contribution in [1.82, 2.24) is 4.90 Å². The van der Waals surface area contributed by atoms with Crippen LogP contribution < -0.4 is 0 Å². The summed E-state index contributed by atoms with van der Waals surface area (Å²) in [7, 11) is 0. The maximum Gasteiger partial charge on any atom is 0.293 e. The van der Waals surface area contributed by atoms with Gasteiger partial charge in [0.2, 0.25) is 0 Å². The van der Waals surface area contributed by atoms with Gasteiger partial charge in [-0.1, -0.05) is 12.1 Å². The van der Waals surface area contributed by atoms with Gasteiger partial charge in [0.15, 0.2) is 0 Å². The molecule has 24 heavy (non-hydrogen) atoms. The number of thiophene rings is 1. The molecule has 0 N–H and O–H groups in total. The zero-order valence-electron chi connectivity index (χ0n) is 12.0. The highest BCUT2D eigenvalue weighted by Crippen LogP contribution is 2.35. The minimum atomic E-state index is -0.508. The number of thioether (sulfide) groups is 1. The molecule has 2 amide bonds. The minimum absolute atomic E-state index is 0.0117. The molecule has 0 unspecified atom stereocenters. The lowest BCUT2D eigenvalue weighted by atomic mass is 10.2. The smallest absolute Gasteiger partial charge is 0.268 e. The normalized spacial score (nSPS) is 16.2. The summed E-state index contributed by atoms with van der Waals surface area (Å²) in [6, 6.07) is 9.63. The summed E-state index contributed by atoms with van der Waals surface area (Å²) in [4.78, 5) is 37.1. The molecule has 1 saturated heterocycles. The molecular weight excluding hydrogens is 416 g/mol. The van der Waals surface area contributed by atoms with Crippen LogP contribution >= 0.6 is 39.0 Å². The van der Waals surface area contributed by atoms with E-state index in [9.17, 15) is 19.7 Å². The number of halogens is 1. The molecule has 1 aromatic carbocycles. The van der Waals surface area contributed by atoms with Gasteiger partial charge in [0.05, 0.1) is 20.2 Å². The summed E-state index contributed by atoms with van der Waals surface area (Å²) in [5, 5.41) is 10.4. The highest BCUT2D eigenvalue weighted by molar-refractivity contribution is 9.11. The van der Waals surface area contributed by atoms with Crippen molar-refractivity contribution < 1.29 is 14.5 Å². The topological polar surface area (TPSA) is 80.5 Å². The molecule has 1 aliphatic rings. The zero-order chi connectivity index (χ0) is 17.3. The fraction of sp³-hybridized carbons (Fsp3) is 0.0667. The molecule has 0 bridgehead atoms. The van der Waals surface area contributed by atoms with Crippen LogP contribution in [0.5, 0.6) is 0 Å². The van der Waals surface area contributed by atoms with Gasteiger partial charge in [-0.3, -0.25) is 24.6 Å². The standard InChI is InChI=1S/C15H9BrN2O4S2/c16-13-5-4-11(23-13)7-12-14(19)17(15(20)24-12)8-9-2-1-3-10(6-9)18(21)22/h1-7H,8H2. The van der Waals surface area contributed by atoms with E-state index in [1.165, 1.54) is 29.5 Å². The number of amides is 2. The first-order valence-corrected chi connectivity index (χ1v) is 9.10. The van der Waals surface area contributed by atoms with Gasteiger partial charge in [0.1, 0.15) is 0 Å². The van der Waals surface area contributed by atoms with Crippen LogP contribution in [0, 0.1) is 10.1 Å². The van der Waals surface area contributed by atoms with Crippen LogP contribution in [-0.2, 0) is 11.3 Å². The van der Waals surface area contributed by atoms with E-state index in [1.807, 2.05) is 12.1 Å². The number of carbonyl (C=O) groups is 2. The van der Waals surface area contributed by atoms with Crippen LogP contribution in [0.4, 0.5) is 10.5 Å². The molecule has 3 rings (SSSR count). The van der Waals surface area contributed by atoms with Gasteiger partial charge in [0.25, 0.3) is 16.8 Å². The highest BCUT2D eigenvalue weighted by Gasteiger charge is 2.35. The first-order valence-electron chi connectivity index (χ1n) is 6.68. The van der Waals surface area contributed by atoms with Gasteiger partial charge in [-0.2, -0.15) is 0 Å². The van der Waals surface area contributed by atoms with E-state index in [0.717, 1.165) is 25.3 Å². The number of non-ortho nitro benzene ring substituents is 1. The van der Waals surface area contributed by atoms with E-state index in [0.29, 0.717) is 10.5 Å². The Morgan fingerprint density at radius 3 is 2.71 bits per heavy atom. The molecule has 0 radical (unpaired) electrons. The van der Waals surface area contributed by atoms with Crippen LogP contribution in [0.15, 0.2) is 45.1 Å². The summed E-state index contributed by atoms with van der Waals surface area (Å²) in [6.45, 7) is 0.0117. The molecular formula is C15H9BrN2O4S2. The summed E-state index contributed by atoms with van der Waals surface area (Å²) >= 11 is 5.68. The fourth-order valence-electron chi connectivity index (χ4n) is 2.12. The Labute approximate surface area is 153 Å². The van der Waals surface area contributed by atoms with E-state index < -0.39 is 4.92 Å². The largest absolute Gasteiger partial charge is 0.293 e. The van der Waals surface area contributed by atoms with Crippen molar-refractivity contribution >= 4 is 61.9 Å². The molecule has 0 atom stereocenters. The average molecular weight is 425 g/mol. The van der Waals surface area contributed by atoms with Gasteiger partial charge < -0.3 is 0 Å². The third kappa shape index (κ3) is 3.58. The Morgan fingerprint density at radius 2 is 2.04 bits per heavy atom. The van der Waals surface area contributed by atoms with Crippen molar-refractivity contribution in [3.8, 4) is 0 Å². The lowest BCUT2D eigenvalue weighted by Gasteiger charge is -2.12. The van der Waals surface area contributed by atoms with Crippen molar-refractivity contribution in [1.29, 1.82) is 0 Å². The van der Waals surface area contributed by atoms with Crippen molar-refractivity contribution in [2.75, 3.05) is 0 Å². The number of carbonyl (C=O) groups excluding carboxylic acids is 2. The van der Waals surface area contributed by atoms with Gasteiger partial charge in [-0.25, -0.2) is 0 Å². The van der Waals surface area contributed by atoms with Crippen LogP contribution in [0.1, 0.15) is 10.4 Å². The highest BCUT2D eigenvalue weighted by atomic mass is 79.9. The van der Waals surface area contributed by atoms with E-state index in [4.69, 9.17) is 0 Å². The zero-order valence-corrected chi connectivity index (χ0v) is 15.2. The maximum absolute atomic E-state index is 12.4. The first-order chi connectivity index (χ1) is 11.4. The van der Waals surface area contributed by atoms with Crippen LogP contribution in [0.2, 0.25) is 0 Å². The number of nitro groups is 1. The van der Waals surface area contributed by atoms with E-state index in [1.54, 1.807) is 12.1 Å². The van der Waals surface area contributed by atoms with Gasteiger partial charge in [-0.05, 0) is 51.5 Å². The molecule has 1 fully saturated rings. The summed E-state index contributed by atoms with van der Waals surface area (Å²) in [6.07, 6.45) is 1.67. The molecule has 2 heterocycles. The molecule has 6 nitrogen and oxygen atoms in total. The minimum Gasteiger partial charge on any atom is -0.268 e. The average Bonchev–Trinajstić information content (AvgIpc) is 3.06. The Kier molecular flexibility index (Phi) is 4.83. The third-order valence-electron chi connectivity index (χ3n) is 3.20. The number of benzene rings is 1. The molecule has 0 saturated carbocycles. The second kappa shape index (κ2) is 6.88. The Hall–Kier alpha value is -1.97. The Balaban J connectivity index is 1.81. The quantitative estimate of drug-likeness (QED) is 0.405. The second-order valence-corrected chi connectivity index (χ2v) is 8.32. The van der Waals surface area contributed by atoms with Crippen molar-refractivity contribution in [2.45, 2.75) is 6.54 Å². The lowest BCUT2D eigenvalue weighted by Crippen LogP contribution is -2.27. The summed E-state index contributed by atoms with van der Waals surface area (Å²) in [5.74, 6) is -0.388. The second-order valence-electron chi connectivity index (χ2n) is 4.84. The number of rotatable bonds is 4. The Bertz CT molecular complexity index is 878. The number of imide groups is 1. The molecule has 122 valence electrons. The van der Waals surface area contributed by atoms with Gasteiger partial charge in [0, 0.05) is 17.0 Å². The summed E-state index contributed by atoms with van der Waals surface area (Å²) < 4.78 is 0.935. The van der Waals surface area contributed by atoms with Gasteiger partial charge >= 0.3 is 0 Å². The lowest BCUT2D eigenvalue weighted by molar-refractivity contribution is -0.384. The molecule has 9 heteroatoms. The fourth-order valence-corrected chi connectivity index (χ4v) is 4.39. The van der Waals surface area contributed by atoms with E-state index in [2.05, 4.69) is 15.9 Å². The van der Waals surface area contributed by atoms with Gasteiger partial charge in [-0.15, -0.1) is 11.3 Å². The maximum atomic E-state index is 12.4. The third-order valence-corrected chi connectivity index (χ3v) is 5.68. The number of hydrogen-bond acceptors (Lipinski definition) is 6. The SMILES string of the molecule is O=C1SC(=Cc2ccc(Br)s2)C(=O)N1Cc1cccc([N+](=O)[O-])c1. The molecule has 1 aromatic heterocycles. The van der Waals surface area contributed by atoms with Crippen LogP contribution in [0.3, 0.4) is 0 Å². The Morgan fingerprint density at radius 1 is 1.25 bits per heavy atom. The van der Waals surface area contributed by atoms with Crippen LogP contribution in [-0.4, -0.2) is 21.0 Å².